The summed E-state index contributed by atoms with van der Waals surface area (Å²) in [6.45, 7) is 4.95. The van der Waals surface area contributed by atoms with Crippen LogP contribution in [0.25, 0.3) is 0 Å². The van der Waals surface area contributed by atoms with Crippen LogP contribution in [0.1, 0.15) is 34.1 Å². The van der Waals surface area contributed by atoms with Crippen molar-refractivity contribution >= 4 is 60.5 Å². The molecule has 11 nitrogen and oxygen atoms in total. The van der Waals surface area contributed by atoms with E-state index in [2.05, 4.69) is 4.98 Å². The number of nitrogens with zero attached hydrogens (tertiary/aromatic N) is 3. The molecule has 1 amide bonds. The first kappa shape index (κ1) is 29.5. The van der Waals surface area contributed by atoms with E-state index in [1.54, 1.807) is 18.7 Å². The van der Waals surface area contributed by atoms with Crippen LogP contribution in [0.15, 0.2) is 49.7 Å². The molecule has 0 radical (unpaired) electrons. The fourth-order valence-electron chi connectivity index (χ4n) is 4.07. The molecular weight excluding hydrogens is 600 g/mol. The van der Waals surface area contributed by atoms with Gasteiger partial charge in [0.1, 0.15) is 16.1 Å². The van der Waals surface area contributed by atoms with Crippen molar-refractivity contribution in [3.8, 4) is 6.07 Å². The van der Waals surface area contributed by atoms with E-state index in [1.807, 2.05) is 10.8 Å². The fraction of sp³-hybridized carbons (Fsp3) is 0.280. The SMILES string of the molecule is CCOC(=O)c1cc(C#N)c(N2CC(C(=O)NS(=O)(=O)c3scc(S(=O)(=O)c4ccc(Cl)cc4)c3C)C2)nc1C. The zero-order valence-electron chi connectivity index (χ0n) is 21.5. The number of nitriles is 1. The first-order valence-electron chi connectivity index (χ1n) is 11.8. The van der Waals surface area contributed by atoms with Gasteiger partial charge in [0.15, 0.2) is 0 Å². The minimum absolute atomic E-state index is 0.00415. The molecule has 1 fully saturated rings. The number of amides is 1. The number of carbonyl (C=O) groups is 2. The molecule has 1 aliphatic heterocycles. The Balaban J connectivity index is 1.48. The highest BCUT2D eigenvalue weighted by atomic mass is 35.5. The summed E-state index contributed by atoms with van der Waals surface area (Å²) >= 11 is 6.53. The lowest BCUT2D eigenvalue weighted by molar-refractivity contribution is -0.123. The van der Waals surface area contributed by atoms with Gasteiger partial charge in [0.05, 0.1) is 39.1 Å². The highest BCUT2D eigenvalue weighted by Gasteiger charge is 2.38. The van der Waals surface area contributed by atoms with Gasteiger partial charge in [-0.05, 0) is 56.7 Å². The number of aryl methyl sites for hydroxylation is 1. The fourth-order valence-corrected chi connectivity index (χ4v) is 8.72. The van der Waals surface area contributed by atoms with Crippen LogP contribution in [0.4, 0.5) is 5.82 Å². The summed E-state index contributed by atoms with van der Waals surface area (Å²) in [5.41, 5.74) is 0.617. The van der Waals surface area contributed by atoms with Crippen LogP contribution in [-0.2, 0) is 29.4 Å². The Labute approximate surface area is 240 Å². The molecule has 0 spiro atoms. The molecule has 0 atom stereocenters. The van der Waals surface area contributed by atoms with Crippen LogP contribution in [0.3, 0.4) is 0 Å². The lowest BCUT2D eigenvalue weighted by Crippen LogP contribution is -2.55. The van der Waals surface area contributed by atoms with Gasteiger partial charge < -0.3 is 9.64 Å². The van der Waals surface area contributed by atoms with E-state index in [1.165, 1.54) is 42.6 Å². The number of anilines is 1. The second kappa shape index (κ2) is 11.2. The van der Waals surface area contributed by atoms with Crippen molar-refractivity contribution < 1.29 is 31.2 Å². The molecule has 1 saturated heterocycles. The Kier molecular flexibility index (Phi) is 8.23. The Bertz CT molecular complexity index is 1760. The van der Waals surface area contributed by atoms with Crippen molar-refractivity contribution in [3.05, 3.63) is 63.1 Å². The quantitative estimate of drug-likeness (QED) is 0.369. The van der Waals surface area contributed by atoms with Crippen LogP contribution in [0.5, 0.6) is 0 Å². The van der Waals surface area contributed by atoms with E-state index >= 15 is 0 Å². The summed E-state index contributed by atoms with van der Waals surface area (Å²) in [4.78, 5) is 30.7. The summed E-state index contributed by atoms with van der Waals surface area (Å²) in [5.74, 6) is -1.84. The van der Waals surface area contributed by atoms with Crippen molar-refractivity contribution in [1.29, 1.82) is 5.26 Å². The predicted molar refractivity (Wildman–Crippen MR) is 147 cm³/mol. The number of sulfone groups is 1. The Morgan fingerprint density at radius 3 is 2.45 bits per heavy atom. The van der Waals surface area contributed by atoms with Gasteiger partial charge in [-0.1, -0.05) is 11.6 Å². The normalized spacial score (nSPS) is 13.8. The molecule has 4 rings (SSSR count). The summed E-state index contributed by atoms with van der Waals surface area (Å²) < 4.78 is 58.9. The number of sulfonamides is 1. The summed E-state index contributed by atoms with van der Waals surface area (Å²) in [5, 5.41) is 11.1. The van der Waals surface area contributed by atoms with E-state index < -0.39 is 37.7 Å². The third kappa shape index (κ3) is 5.55. The summed E-state index contributed by atoms with van der Waals surface area (Å²) in [6.07, 6.45) is 0. The van der Waals surface area contributed by atoms with Crippen LogP contribution in [0.2, 0.25) is 5.02 Å². The number of rotatable bonds is 8. The van der Waals surface area contributed by atoms with Crippen molar-refractivity contribution in [2.75, 3.05) is 24.6 Å². The number of thiophene rings is 1. The molecule has 1 N–H and O–H groups in total. The Morgan fingerprint density at radius 2 is 1.85 bits per heavy atom. The predicted octanol–water partition coefficient (Wildman–Crippen LogP) is 3.24. The number of nitrogens with one attached hydrogen (secondary N) is 1. The van der Waals surface area contributed by atoms with Gasteiger partial charge in [-0.25, -0.2) is 31.3 Å². The number of carbonyl (C=O) groups excluding carboxylic acids is 2. The van der Waals surface area contributed by atoms with Crippen molar-refractivity contribution in [2.24, 2.45) is 5.92 Å². The second-order valence-corrected chi connectivity index (χ2v) is 14.0. The smallest absolute Gasteiger partial charge is 0.340 e. The molecular formula is C25H23ClN4O7S3. The van der Waals surface area contributed by atoms with E-state index in [0.717, 1.165) is 0 Å². The van der Waals surface area contributed by atoms with Gasteiger partial charge in [0, 0.05) is 23.5 Å². The minimum atomic E-state index is -4.37. The van der Waals surface area contributed by atoms with Gasteiger partial charge in [0.25, 0.3) is 10.0 Å². The number of aromatic nitrogens is 1. The van der Waals surface area contributed by atoms with Gasteiger partial charge in [-0.15, -0.1) is 11.3 Å². The topological polar surface area (TPSA) is 164 Å². The Hall–Kier alpha value is -3.51. The maximum atomic E-state index is 13.1. The number of benzene rings is 1. The average Bonchev–Trinajstić information content (AvgIpc) is 3.26. The minimum Gasteiger partial charge on any atom is -0.462 e. The lowest BCUT2D eigenvalue weighted by atomic mass is 9.98. The molecule has 0 unspecified atom stereocenters. The van der Waals surface area contributed by atoms with Crippen LogP contribution >= 0.6 is 22.9 Å². The second-order valence-electron chi connectivity index (χ2n) is 8.87. The molecule has 0 saturated carbocycles. The molecule has 3 aromatic rings. The maximum Gasteiger partial charge on any atom is 0.340 e. The third-order valence-electron chi connectivity index (χ3n) is 6.20. The molecule has 0 bridgehead atoms. The monoisotopic (exact) mass is 622 g/mol. The van der Waals surface area contributed by atoms with Gasteiger partial charge >= 0.3 is 5.97 Å². The van der Waals surface area contributed by atoms with Crippen LogP contribution in [-0.4, -0.2) is 53.4 Å². The first-order valence-corrected chi connectivity index (χ1v) is 16.0. The zero-order chi connectivity index (χ0) is 29.4. The number of esters is 1. The zero-order valence-corrected chi connectivity index (χ0v) is 24.7. The Morgan fingerprint density at radius 1 is 1.20 bits per heavy atom. The van der Waals surface area contributed by atoms with Crippen LogP contribution in [0, 0.1) is 31.1 Å². The molecule has 40 heavy (non-hydrogen) atoms. The van der Waals surface area contributed by atoms with Crippen molar-refractivity contribution in [1.82, 2.24) is 9.71 Å². The standard InChI is InChI=1S/C25H23ClN4O7S3/c1-4-37-24(32)20-9-16(10-27)22(28-15(20)3)30-11-17(12-30)23(31)29-40(35,36)25-14(2)21(13-38-25)39(33,34)19-7-5-18(26)6-8-19/h5-9,13,17H,4,11-12H2,1-3H3,(H,29,31). The van der Waals surface area contributed by atoms with Crippen molar-refractivity contribution in [2.45, 2.75) is 34.8 Å². The van der Waals surface area contributed by atoms with Gasteiger partial charge in [-0.3, -0.25) is 4.79 Å². The van der Waals surface area contributed by atoms with Gasteiger partial charge in [-0.2, -0.15) is 5.26 Å². The van der Waals surface area contributed by atoms with E-state index in [-0.39, 0.29) is 56.2 Å². The number of halogens is 1. The molecule has 3 heterocycles. The van der Waals surface area contributed by atoms with E-state index in [0.29, 0.717) is 22.1 Å². The number of ether oxygens (including phenoxy) is 1. The van der Waals surface area contributed by atoms with Gasteiger partial charge in [0.2, 0.25) is 15.7 Å². The lowest BCUT2D eigenvalue weighted by Gasteiger charge is -2.39. The summed E-state index contributed by atoms with van der Waals surface area (Å²) in [6, 6.07) is 8.85. The maximum absolute atomic E-state index is 13.1. The molecule has 1 aliphatic rings. The third-order valence-corrected chi connectivity index (χ3v) is 11.6. The number of hydrogen-bond donors (Lipinski definition) is 1. The van der Waals surface area contributed by atoms with E-state index in [4.69, 9.17) is 16.3 Å². The highest BCUT2D eigenvalue weighted by molar-refractivity contribution is 7.93. The van der Waals surface area contributed by atoms with Crippen molar-refractivity contribution in [3.63, 3.8) is 0 Å². The van der Waals surface area contributed by atoms with Crippen LogP contribution < -0.4 is 9.62 Å². The summed E-state index contributed by atoms with van der Waals surface area (Å²) in [7, 11) is -8.38. The van der Waals surface area contributed by atoms with E-state index in [9.17, 15) is 31.7 Å². The molecule has 0 aliphatic carbocycles. The molecule has 210 valence electrons. The number of hydrogen-bond acceptors (Lipinski definition) is 11. The highest BCUT2D eigenvalue weighted by Crippen LogP contribution is 2.34. The average molecular weight is 623 g/mol. The largest absolute Gasteiger partial charge is 0.462 e. The molecule has 2 aromatic heterocycles. The molecule has 15 heteroatoms. The number of pyridine rings is 1. The first-order chi connectivity index (χ1) is 18.8. The molecule has 1 aromatic carbocycles.